The summed E-state index contributed by atoms with van der Waals surface area (Å²) in [6.45, 7) is 6.00. The van der Waals surface area contributed by atoms with Gasteiger partial charge in [-0.1, -0.05) is 0 Å². The van der Waals surface area contributed by atoms with E-state index in [-0.39, 0.29) is 23.6 Å². The summed E-state index contributed by atoms with van der Waals surface area (Å²) in [4.78, 5) is 21.5. The Balaban J connectivity index is 1.46. The molecule has 0 aliphatic carbocycles. The first-order valence-electron chi connectivity index (χ1n) is 9.94. The van der Waals surface area contributed by atoms with Gasteiger partial charge in [0.25, 0.3) is 5.95 Å². The molecule has 162 valence electrons. The fourth-order valence-corrected chi connectivity index (χ4v) is 6.17. The number of carbonyl (C=O) groups is 1. The maximum Gasteiger partial charge on any atom is 0.320 e. The maximum absolute atomic E-state index is 12.7. The Labute approximate surface area is 175 Å². The standard InChI is InChI=1S/C19H26N6O4S/c1-12-8-13(2)21-17(20-12)25-16(9-14(3)24-25)23-18(26)22-15-4-6-29-19(10-15)5-7-30(27,28)11-19/h8-9,15H,4-7,10-11H2,1-3H3,(H2,22,23,26). The molecule has 2 aliphatic heterocycles. The highest BCUT2D eigenvalue weighted by Gasteiger charge is 2.46. The van der Waals surface area contributed by atoms with Crippen molar-refractivity contribution in [2.45, 2.75) is 51.7 Å². The van der Waals surface area contributed by atoms with Crippen molar-refractivity contribution in [2.75, 3.05) is 23.4 Å². The summed E-state index contributed by atoms with van der Waals surface area (Å²) in [6.07, 6.45) is 1.59. The van der Waals surface area contributed by atoms with E-state index in [0.717, 1.165) is 11.4 Å². The maximum atomic E-state index is 12.7. The second-order valence-corrected chi connectivity index (χ2v) is 10.4. The number of carbonyl (C=O) groups excluding carboxylic acids is 1. The van der Waals surface area contributed by atoms with Crippen molar-refractivity contribution in [1.82, 2.24) is 25.1 Å². The van der Waals surface area contributed by atoms with E-state index in [1.165, 1.54) is 4.68 Å². The third-order valence-electron chi connectivity index (χ3n) is 5.41. The van der Waals surface area contributed by atoms with Crippen LogP contribution >= 0.6 is 0 Å². The summed E-state index contributed by atoms with van der Waals surface area (Å²) in [5.74, 6) is 1.01. The summed E-state index contributed by atoms with van der Waals surface area (Å²) in [5, 5.41) is 10.2. The lowest BCUT2D eigenvalue weighted by Crippen LogP contribution is -2.50. The van der Waals surface area contributed by atoms with Crippen LogP contribution in [0.1, 0.15) is 36.3 Å². The minimum absolute atomic E-state index is 0.0236. The molecule has 2 aliphatic rings. The summed E-state index contributed by atoms with van der Waals surface area (Å²) in [7, 11) is -3.07. The van der Waals surface area contributed by atoms with Crippen LogP contribution in [0.4, 0.5) is 10.6 Å². The number of nitrogens with one attached hydrogen (secondary N) is 2. The van der Waals surface area contributed by atoms with Crippen LogP contribution < -0.4 is 10.6 Å². The average Bonchev–Trinajstić information content (AvgIpc) is 3.13. The first-order valence-corrected chi connectivity index (χ1v) is 11.8. The van der Waals surface area contributed by atoms with Crippen LogP contribution in [0.25, 0.3) is 5.95 Å². The van der Waals surface area contributed by atoms with Crippen molar-refractivity contribution >= 4 is 21.7 Å². The van der Waals surface area contributed by atoms with Crippen molar-refractivity contribution in [3.63, 3.8) is 0 Å². The number of amides is 2. The molecule has 2 unspecified atom stereocenters. The largest absolute Gasteiger partial charge is 0.374 e. The zero-order valence-electron chi connectivity index (χ0n) is 17.3. The Morgan fingerprint density at radius 2 is 1.93 bits per heavy atom. The first kappa shape index (κ1) is 20.7. The van der Waals surface area contributed by atoms with Crippen LogP contribution in [0.5, 0.6) is 0 Å². The predicted molar refractivity (Wildman–Crippen MR) is 110 cm³/mol. The zero-order valence-corrected chi connectivity index (χ0v) is 18.1. The number of rotatable bonds is 3. The number of aryl methyl sites for hydroxylation is 3. The molecule has 10 nitrogen and oxygen atoms in total. The van der Waals surface area contributed by atoms with Crippen molar-refractivity contribution in [2.24, 2.45) is 0 Å². The molecule has 0 saturated carbocycles. The smallest absolute Gasteiger partial charge is 0.320 e. The van der Waals surface area contributed by atoms with Crippen LogP contribution in [-0.4, -0.2) is 64.0 Å². The molecular weight excluding hydrogens is 408 g/mol. The van der Waals surface area contributed by atoms with Crippen molar-refractivity contribution in [3.05, 3.63) is 29.2 Å². The molecule has 4 rings (SSSR count). The van der Waals surface area contributed by atoms with Gasteiger partial charge in [-0.15, -0.1) is 0 Å². The zero-order chi connectivity index (χ0) is 21.5. The number of anilines is 1. The van der Waals surface area contributed by atoms with E-state index in [0.29, 0.717) is 43.3 Å². The molecule has 11 heteroatoms. The monoisotopic (exact) mass is 434 g/mol. The number of urea groups is 1. The van der Waals surface area contributed by atoms with E-state index >= 15 is 0 Å². The Kier molecular flexibility index (Phi) is 5.27. The van der Waals surface area contributed by atoms with Crippen molar-refractivity contribution in [1.29, 1.82) is 0 Å². The van der Waals surface area contributed by atoms with Crippen molar-refractivity contribution < 1.29 is 17.9 Å². The van der Waals surface area contributed by atoms with E-state index in [9.17, 15) is 13.2 Å². The normalized spacial score (nSPS) is 25.4. The Bertz CT molecular complexity index is 1060. The molecule has 2 aromatic rings. The minimum atomic E-state index is -3.07. The van der Waals surface area contributed by atoms with E-state index in [1.807, 2.05) is 26.8 Å². The van der Waals surface area contributed by atoms with Gasteiger partial charge in [-0.25, -0.2) is 23.2 Å². The second kappa shape index (κ2) is 7.62. The van der Waals surface area contributed by atoms with Crippen LogP contribution in [0, 0.1) is 20.8 Å². The molecule has 2 amide bonds. The lowest BCUT2D eigenvalue weighted by molar-refractivity contribution is -0.0685. The molecule has 1 spiro atoms. The van der Waals surface area contributed by atoms with Gasteiger partial charge in [0.15, 0.2) is 9.84 Å². The van der Waals surface area contributed by atoms with Gasteiger partial charge in [0, 0.05) is 30.1 Å². The number of aromatic nitrogens is 4. The first-order chi connectivity index (χ1) is 14.1. The fraction of sp³-hybridized carbons (Fsp3) is 0.579. The molecule has 2 aromatic heterocycles. The molecule has 2 N–H and O–H groups in total. The predicted octanol–water partition coefficient (Wildman–Crippen LogP) is 1.45. The number of hydrogen-bond acceptors (Lipinski definition) is 7. The molecule has 0 bridgehead atoms. The van der Waals surface area contributed by atoms with Crippen LogP contribution in [0.15, 0.2) is 12.1 Å². The van der Waals surface area contributed by atoms with E-state index in [1.54, 1.807) is 6.07 Å². The van der Waals surface area contributed by atoms with E-state index in [2.05, 4.69) is 25.7 Å². The molecule has 4 heterocycles. The van der Waals surface area contributed by atoms with Gasteiger partial charge >= 0.3 is 6.03 Å². The Morgan fingerprint density at radius 1 is 1.20 bits per heavy atom. The topological polar surface area (TPSA) is 128 Å². The highest BCUT2D eigenvalue weighted by Crippen LogP contribution is 2.35. The molecule has 0 aromatic carbocycles. The number of sulfone groups is 1. The van der Waals surface area contributed by atoms with Crippen LogP contribution in [-0.2, 0) is 14.6 Å². The van der Waals surface area contributed by atoms with Gasteiger partial charge in [0.05, 0.1) is 22.8 Å². The Morgan fingerprint density at radius 3 is 2.60 bits per heavy atom. The quantitative estimate of drug-likeness (QED) is 0.748. The van der Waals surface area contributed by atoms with Crippen LogP contribution in [0.3, 0.4) is 0 Å². The molecule has 2 atom stereocenters. The summed E-state index contributed by atoms with van der Waals surface area (Å²) >= 11 is 0. The van der Waals surface area contributed by atoms with Gasteiger partial charge in [0.1, 0.15) is 5.82 Å². The molecule has 2 saturated heterocycles. The van der Waals surface area contributed by atoms with E-state index in [4.69, 9.17) is 4.74 Å². The number of nitrogens with zero attached hydrogens (tertiary/aromatic N) is 4. The number of ether oxygens (including phenoxy) is 1. The lowest BCUT2D eigenvalue weighted by atomic mass is 9.90. The van der Waals surface area contributed by atoms with Gasteiger partial charge < -0.3 is 10.1 Å². The molecule has 30 heavy (non-hydrogen) atoms. The lowest BCUT2D eigenvalue weighted by Gasteiger charge is -2.37. The Hall–Kier alpha value is -2.53. The van der Waals surface area contributed by atoms with Gasteiger partial charge in [0.2, 0.25) is 0 Å². The summed E-state index contributed by atoms with van der Waals surface area (Å²) < 4.78 is 31.1. The number of hydrogen-bond donors (Lipinski definition) is 2. The molecule has 2 fully saturated rings. The minimum Gasteiger partial charge on any atom is -0.374 e. The fourth-order valence-electron chi connectivity index (χ4n) is 4.19. The van der Waals surface area contributed by atoms with E-state index < -0.39 is 15.4 Å². The molecule has 0 radical (unpaired) electrons. The van der Waals surface area contributed by atoms with Gasteiger partial charge in [-0.2, -0.15) is 9.78 Å². The summed E-state index contributed by atoms with van der Waals surface area (Å²) in [5.41, 5.74) is 1.65. The average molecular weight is 435 g/mol. The SMILES string of the molecule is Cc1cc(C)nc(-n2nc(C)cc2NC(=O)NC2CCOC3(CCS(=O)(=O)C3)C2)n1. The highest BCUT2D eigenvalue weighted by atomic mass is 32.2. The van der Waals surface area contributed by atoms with Crippen LogP contribution in [0.2, 0.25) is 0 Å². The summed E-state index contributed by atoms with van der Waals surface area (Å²) in [6, 6.07) is 3.06. The third kappa shape index (κ3) is 4.46. The van der Waals surface area contributed by atoms with Gasteiger partial charge in [-0.3, -0.25) is 5.32 Å². The second-order valence-electron chi connectivity index (χ2n) is 8.20. The highest BCUT2D eigenvalue weighted by molar-refractivity contribution is 7.91. The molecular formula is C19H26N6O4S. The van der Waals surface area contributed by atoms with Crippen molar-refractivity contribution in [3.8, 4) is 5.95 Å². The third-order valence-corrected chi connectivity index (χ3v) is 7.20. The van der Waals surface area contributed by atoms with Gasteiger partial charge in [-0.05, 0) is 46.1 Å².